The lowest BCUT2D eigenvalue weighted by Crippen LogP contribution is -2.33. The molecule has 0 spiro atoms. The second-order valence-corrected chi connectivity index (χ2v) is 7.16. The first-order valence-corrected chi connectivity index (χ1v) is 10.9. The largest absolute Gasteiger partial charge is 0.258 e. The lowest BCUT2D eigenvalue weighted by Gasteiger charge is -2.07. The Bertz CT molecular complexity index is 174. The van der Waals surface area contributed by atoms with Crippen LogP contribution in [-0.4, -0.2) is 13.1 Å². The molecule has 0 saturated heterocycles. The van der Waals surface area contributed by atoms with E-state index in [9.17, 15) is 0 Å². The van der Waals surface area contributed by atoms with E-state index in [1.807, 2.05) is 0 Å². The standard InChI is InChI=1S/C21H46N2/c1-3-5-7-9-11-13-15-17-19-21-23-22-20-18-16-14-12-10-8-6-4-2/h22-23H,3-21H2,1-2H3. The molecule has 0 unspecified atom stereocenters. The highest BCUT2D eigenvalue weighted by Gasteiger charge is 1.93. The quantitative estimate of drug-likeness (QED) is 0.191. The zero-order valence-corrected chi connectivity index (χ0v) is 16.4. The SMILES string of the molecule is CCCCCCCCCCCNNCCCCCCCCCC. The highest BCUT2D eigenvalue weighted by Crippen LogP contribution is 2.09. The zero-order valence-electron chi connectivity index (χ0n) is 16.4. The molecular weight excluding hydrogens is 280 g/mol. The van der Waals surface area contributed by atoms with Crippen LogP contribution in [0.3, 0.4) is 0 Å². The summed E-state index contributed by atoms with van der Waals surface area (Å²) in [7, 11) is 0. The Kier molecular flexibility index (Phi) is 21.8. The Labute approximate surface area is 147 Å². The summed E-state index contributed by atoms with van der Waals surface area (Å²) in [5.41, 5.74) is 6.74. The van der Waals surface area contributed by atoms with Crippen molar-refractivity contribution in [1.29, 1.82) is 0 Å². The summed E-state index contributed by atoms with van der Waals surface area (Å²) in [6.45, 7) is 6.84. The summed E-state index contributed by atoms with van der Waals surface area (Å²) >= 11 is 0. The molecule has 2 N–H and O–H groups in total. The van der Waals surface area contributed by atoms with Crippen molar-refractivity contribution in [2.24, 2.45) is 0 Å². The molecule has 0 aromatic heterocycles. The molecule has 0 saturated carbocycles. The van der Waals surface area contributed by atoms with Crippen molar-refractivity contribution in [3.8, 4) is 0 Å². The molecule has 140 valence electrons. The topological polar surface area (TPSA) is 24.1 Å². The molecular formula is C21H46N2. The minimum Gasteiger partial charge on any atom is -0.258 e. The summed E-state index contributed by atoms with van der Waals surface area (Å²) in [5.74, 6) is 0. The van der Waals surface area contributed by atoms with Crippen LogP contribution in [0.2, 0.25) is 0 Å². The third-order valence-electron chi connectivity index (χ3n) is 4.69. The smallest absolute Gasteiger partial charge is 0.00997 e. The second kappa shape index (κ2) is 21.9. The van der Waals surface area contributed by atoms with Crippen LogP contribution in [0.5, 0.6) is 0 Å². The second-order valence-electron chi connectivity index (χ2n) is 7.16. The first-order chi connectivity index (χ1) is 11.4. The first-order valence-electron chi connectivity index (χ1n) is 10.9. The summed E-state index contributed by atoms with van der Waals surface area (Å²) in [6.07, 6.45) is 23.9. The van der Waals surface area contributed by atoms with Gasteiger partial charge in [0.25, 0.3) is 0 Å². The van der Waals surface area contributed by atoms with Crippen LogP contribution in [0, 0.1) is 0 Å². The Morgan fingerprint density at radius 2 is 0.609 bits per heavy atom. The van der Waals surface area contributed by atoms with Gasteiger partial charge >= 0.3 is 0 Å². The first kappa shape index (κ1) is 22.9. The Morgan fingerprint density at radius 1 is 0.348 bits per heavy atom. The maximum atomic E-state index is 3.37. The summed E-state index contributed by atoms with van der Waals surface area (Å²) in [5, 5.41) is 0. The van der Waals surface area contributed by atoms with Crippen molar-refractivity contribution in [2.45, 2.75) is 123 Å². The Hall–Kier alpha value is -0.0800. The number of hydrogen-bond acceptors (Lipinski definition) is 2. The number of rotatable bonds is 20. The highest BCUT2D eigenvalue weighted by atomic mass is 15.3. The van der Waals surface area contributed by atoms with E-state index in [4.69, 9.17) is 0 Å². The van der Waals surface area contributed by atoms with Crippen LogP contribution in [0.1, 0.15) is 123 Å². The van der Waals surface area contributed by atoms with E-state index >= 15 is 0 Å². The molecule has 0 aromatic rings. The van der Waals surface area contributed by atoms with Gasteiger partial charge in [-0.25, -0.2) is 0 Å². The molecule has 0 amide bonds. The number of unbranched alkanes of at least 4 members (excludes halogenated alkanes) is 15. The van der Waals surface area contributed by atoms with Crippen LogP contribution >= 0.6 is 0 Å². The molecule has 0 rings (SSSR count). The van der Waals surface area contributed by atoms with Gasteiger partial charge in [0, 0.05) is 13.1 Å². The fourth-order valence-corrected chi connectivity index (χ4v) is 3.05. The highest BCUT2D eigenvalue weighted by molar-refractivity contribution is 4.50. The van der Waals surface area contributed by atoms with Gasteiger partial charge in [-0.1, -0.05) is 110 Å². The van der Waals surface area contributed by atoms with Gasteiger partial charge in [0.15, 0.2) is 0 Å². The van der Waals surface area contributed by atoms with Crippen molar-refractivity contribution in [3.05, 3.63) is 0 Å². The van der Waals surface area contributed by atoms with Crippen LogP contribution in [0.25, 0.3) is 0 Å². The third kappa shape index (κ3) is 21.9. The lowest BCUT2D eigenvalue weighted by molar-refractivity contribution is 0.478. The van der Waals surface area contributed by atoms with Crippen molar-refractivity contribution >= 4 is 0 Å². The van der Waals surface area contributed by atoms with Gasteiger partial charge in [-0.15, -0.1) is 0 Å². The molecule has 0 radical (unpaired) electrons. The average molecular weight is 327 g/mol. The number of hydrogen-bond donors (Lipinski definition) is 2. The van der Waals surface area contributed by atoms with Gasteiger partial charge in [0.2, 0.25) is 0 Å². The molecule has 2 nitrogen and oxygen atoms in total. The van der Waals surface area contributed by atoms with Crippen molar-refractivity contribution in [2.75, 3.05) is 13.1 Å². The molecule has 0 aliphatic rings. The van der Waals surface area contributed by atoms with Crippen LogP contribution in [0.15, 0.2) is 0 Å². The minimum atomic E-state index is 1.13. The van der Waals surface area contributed by atoms with Crippen molar-refractivity contribution < 1.29 is 0 Å². The summed E-state index contributed by atoms with van der Waals surface area (Å²) in [4.78, 5) is 0. The van der Waals surface area contributed by atoms with E-state index in [0.717, 1.165) is 13.1 Å². The molecule has 0 aromatic carbocycles. The number of nitrogens with one attached hydrogen (secondary N) is 2. The van der Waals surface area contributed by atoms with E-state index in [1.165, 1.54) is 109 Å². The third-order valence-corrected chi connectivity index (χ3v) is 4.69. The van der Waals surface area contributed by atoms with Gasteiger partial charge in [-0.2, -0.15) is 0 Å². The van der Waals surface area contributed by atoms with Crippen molar-refractivity contribution in [3.63, 3.8) is 0 Å². The molecule has 0 bridgehead atoms. The predicted molar refractivity (Wildman–Crippen MR) is 106 cm³/mol. The molecule has 0 fully saturated rings. The summed E-state index contributed by atoms with van der Waals surface area (Å²) < 4.78 is 0. The molecule has 0 aliphatic carbocycles. The predicted octanol–water partition coefficient (Wildman–Crippen LogP) is 6.75. The lowest BCUT2D eigenvalue weighted by atomic mass is 10.1. The van der Waals surface area contributed by atoms with Gasteiger partial charge in [0.1, 0.15) is 0 Å². The van der Waals surface area contributed by atoms with E-state index in [-0.39, 0.29) is 0 Å². The molecule has 2 heteroatoms. The van der Waals surface area contributed by atoms with Gasteiger partial charge in [-0.3, -0.25) is 10.9 Å². The fraction of sp³-hybridized carbons (Fsp3) is 1.00. The molecule has 0 heterocycles. The summed E-state index contributed by atoms with van der Waals surface area (Å²) in [6, 6.07) is 0. The maximum absolute atomic E-state index is 3.37. The van der Waals surface area contributed by atoms with Crippen LogP contribution < -0.4 is 10.9 Å². The van der Waals surface area contributed by atoms with E-state index in [1.54, 1.807) is 0 Å². The van der Waals surface area contributed by atoms with Crippen LogP contribution in [0.4, 0.5) is 0 Å². The van der Waals surface area contributed by atoms with Gasteiger partial charge in [-0.05, 0) is 12.8 Å². The molecule has 0 atom stereocenters. The maximum Gasteiger partial charge on any atom is 0.00997 e. The van der Waals surface area contributed by atoms with Gasteiger partial charge in [0.05, 0.1) is 0 Å². The Morgan fingerprint density at radius 3 is 0.913 bits per heavy atom. The van der Waals surface area contributed by atoms with E-state index in [0.29, 0.717) is 0 Å². The van der Waals surface area contributed by atoms with Crippen molar-refractivity contribution in [1.82, 2.24) is 10.9 Å². The molecule has 23 heavy (non-hydrogen) atoms. The van der Waals surface area contributed by atoms with Gasteiger partial charge < -0.3 is 0 Å². The molecule has 0 aliphatic heterocycles. The average Bonchev–Trinajstić information content (AvgIpc) is 2.57. The van der Waals surface area contributed by atoms with E-state index < -0.39 is 0 Å². The minimum absolute atomic E-state index is 1.13. The zero-order chi connectivity index (χ0) is 16.8. The van der Waals surface area contributed by atoms with Crippen LogP contribution in [-0.2, 0) is 0 Å². The van der Waals surface area contributed by atoms with E-state index in [2.05, 4.69) is 24.7 Å². The monoisotopic (exact) mass is 326 g/mol. The Balaban J connectivity index is 2.92. The number of hydrazine groups is 1. The fourth-order valence-electron chi connectivity index (χ4n) is 3.05. The normalized spacial score (nSPS) is 11.2.